The summed E-state index contributed by atoms with van der Waals surface area (Å²) in [5.41, 5.74) is 4.29. The van der Waals surface area contributed by atoms with Crippen molar-refractivity contribution in [2.24, 2.45) is 0 Å². The molecule has 1 aliphatic carbocycles. The van der Waals surface area contributed by atoms with Crippen molar-refractivity contribution in [3.05, 3.63) is 66.9 Å². The molecule has 34 heavy (non-hydrogen) atoms. The molecule has 7 nitrogen and oxygen atoms in total. The van der Waals surface area contributed by atoms with E-state index in [2.05, 4.69) is 15.1 Å². The maximum absolute atomic E-state index is 12.8. The maximum atomic E-state index is 12.8. The molecule has 9 heteroatoms. The summed E-state index contributed by atoms with van der Waals surface area (Å²) in [6, 6.07) is 18.8. The smallest absolute Gasteiger partial charge is 0.240 e. The Morgan fingerprint density at radius 2 is 1.74 bits per heavy atom. The summed E-state index contributed by atoms with van der Waals surface area (Å²) in [4.78, 5) is 5.10. The summed E-state index contributed by atoms with van der Waals surface area (Å²) in [7, 11) is -1.56. The Morgan fingerprint density at radius 1 is 1.00 bits per heavy atom. The van der Waals surface area contributed by atoms with Crippen molar-refractivity contribution in [1.29, 1.82) is 0 Å². The van der Waals surface area contributed by atoms with E-state index in [0.717, 1.165) is 59.6 Å². The lowest BCUT2D eigenvalue weighted by Crippen LogP contribution is -2.36. The number of rotatable bonds is 7. The van der Waals surface area contributed by atoms with Gasteiger partial charge in [0.1, 0.15) is 5.82 Å². The molecule has 0 bridgehead atoms. The number of aromatic nitrogens is 3. The second-order valence-corrected chi connectivity index (χ2v) is 10.3. The van der Waals surface area contributed by atoms with Crippen LogP contribution in [0.4, 0.5) is 11.5 Å². The van der Waals surface area contributed by atoms with Crippen LogP contribution >= 0.6 is 0 Å². The summed E-state index contributed by atoms with van der Waals surface area (Å²) in [5.74, 6) is 0.743. The zero-order valence-electron chi connectivity index (χ0n) is 19.1. The predicted molar refractivity (Wildman–Crippen MR) is 137 cm³/mol. The van der Waals surface area contributed by atoms with Gasteiger partial charge in [-0.05, 0) is 42.6 Å². The van der Waals surface area contributed by atoms with Gasteiger partial charge in [0.25, 0.3) is 0 Å². The summed E-state index contributed by atoms with van der Waals surface area (Å²) in [6.07, 6.45) is 6.93. The first-order chi connectivity index (χ1) is 16.5. The normalized spacial score (nSPS) is 14.9. The van der Waals surface area contributed by atoms with Crippen LogP contribution in [0.5, 0.6) is 0 Å². The molecule has 2 aromatic heterocycles. The average Bonchev–Trinajstić information content (AvgIpc) is 3.29. The number of nitrogens with zero attached hydrogens (tertiary/aromatic N) is 3. The van der Waals surface area contributed by atoms with Crippen LogP contribution in [-0.2, 0) is 10.0 Å². The van der Waals surface area contributed by atoms with Crippen LogP contribution < -0.4 is 15.5 Å². The maximum Gasteiger partial charge on any atom is 0.240 e. The minimum atomic E-state index is -3.54. The Morgan fingerprint density at radius 3 is 2.44 bits per heavy atom. The Hall–Kier alpha value is -3.17. The summed E-state index contributed by atoms with van der Waals surface area (Å²) in [6.45, 7) is 1.96. The molecule has 5 rings (SSSR count). The molecule has 1 saturated carbocycles. The molecule has 2 N–H and O–H groups in total. The molecule has 2 heterocycles. The highest BCUT2D eigenvalue weighted by molar-refractivity contribution is 7.89. The lowest BCUT2D eigenvalue weighted by Gasteiger charge is -2.22. The molecule has 0 spiro atoms. The van der Waals surface area contributed by atoms with Crippen LogP contribution in [0.2, 0.25) is 6.82 Å². The predicted octanol–water partition coefficient (Wildman–Crippen LogP) is 4.13. The van der Waals surface area contributed by atoms with E-state index in [1.807, 2.05) is 50.5 Å². The molecule has 0 saturated heterocycles. The summed E-state index contributed by atoms with van der Waals surface area (Å²) >= 11 is 0. The van der Waals surface area contributed by atoms with Gasteiger partial charge in [0.15, 0.2) is 12.9 Å². The fourth-order valence-electron chi connectivity index (χ4n) is 4.40. The quantitative estimate of drug-likeness (QED) is 0.395. The van der Waals surface area contributed by atoms with Crippen LogP contribution in [-0.4, -0.2) is 36.3 Å². The molecule has 1 aliphatic rings. The molecular formula is C25H27BN5O2S. The topological polar surface area (TPSA) is 88.4 Å². The van der Waals surface area contributed by atoms with Crippen molar-refractivity contribution in [1.82, 2.24) is 19.3 Å². The number of anilines is 2. The number of benzene rings is 2. The number of hydrogen-bond donors (Lipinski definition) is 2. The van der Waals surface area contributed by atoms with E-state index >= 15 is 0 Å². The highest BCUT2D eigenvalue weighted by Crippen LogP contribution is 2.25. The standard InChI is InChI=1S/C25H27BN5O2S/c1-26-22-17-27-31-24(16-23(29-25(22)31)18-8-4-2-5-9-18)28-19-12-14-21(15-13-19)34(32,33)30-20-10-6-3-7-11-20/h2,4-5,8-9,12-17,20,28,30H,3,6-7,10-11H2,1H3. The van der Waals surface area contributed by atoms with E-state index in [-0.39, 0.29) is 10.9 Å². The number of hydrogen-bond acceptors (Lipinski definition) is 5. The monoisotopic (exact) mass is 472 g/mol. The van der Waals surface area contributed by atoms with Gasteiger partial charge in [-0.15, -0.1) is 0 Å². The van der Waals surface area contributed by atoms with E-state index in [0.29, 0.717) is 0 Å². The van der Waals surface area contributed by atoms with Crippen molar-refractivity contribution >= 4 is 39.9 Å². The van der Waals surface area contributed by atoms with Gasteiger partial charge in [0.2, 0.25) is 10.0 Å². The minimum Gasteiger partial charge on any atom is -0.340 e. The van der Waals surface area contributed by atoms with Gasteiger partial charge in [-0.3, -0.25) is 0 Å². The lowest BCUT2D eigenvalue weighted by molar-refractivity contribution is 0.412. The van der Waals surface area contributed by atoms with Gasteiger partial charge in [-0.1, -0.05) is 56.4 Å². The first-order valence-corrected chi connectivity index (χ1v) is 13.1. The molecule has 0 aliphatic heterocycles. The third-order valence-electron chi connectivity index (χ3n) is 6.24. The van der Waals surface area contributed by atoms with Crippen molar-refractivity contribution in [3.8, 4) is 11.3 Å². The first kappa shape index (κ1) is 22.6. The number of nitrogens with one attached hydrogen (secondary N) is 2. The van der Waals surface area contributed by atoms with Crippen LogP contribution in [0.1, 0.15) is 32.1 Å². The van der Waals surface area contributed by atoms with Gasteiger partial charge in [0, 0.05) is 29.6 Å². The number of sulfonamides is 1. The van der Waals surface area contributed by atoms with Gasteiger partial charge < -0.3 is 5.32 Å². The Bertz CT molecular complexity index is 1380. The molecule has 0 atom stereocenters. The van der Waals surface area contributed by atoms with Crippen LogP contribution in [0.25, 0.3) is 16.9 Å². The highest BCUT2D eigenvalue weighted by atomic mass is 32.2. The van der Waals surface area contributed by atoms with E-state index in [4.69, 9.17) is 4.98 Å². The molecule has 4 aromatic rings. The van der Waals surface area contributed by atoms with E-state index < -0.39 is 10.0 Å². The summed E-state index contributed by atoms with van der Waals surface area (Å²) in [5, 5.41) is 7.88. The number of fused-ring (bicyclic) bond motifs is 1. The summed E-state index contributed by atoms with van der Waals surface area (Å²) < 4.78 is 30.3. The van der Waals surface area contributed by atoms with Gasteiger partial charge in [-0.2, -0.15) is 9.61 Å². The van der Waals surface area contributed by atoms with Crippen molar-refractivity contribution < 1.29 is 8.42 Å². The largest absolute Gasteiger partial charge is 0.340 e. The van der Waals surface area contributed by atoms with E-state index in [9.17, 15) is 8.42 Å². The van der Waals surface area contributed by atoms with E-state index in [1.165, 1.54) is 6.42 Å². The van der Waals surface area contributed by atoms with E-state index in [1.54, 1.807) is 35.0 Å². The van der Waals surface area contributed by atoms with Gasteiger partial charge in [-0.25, -0.2) is 18.1 Å². The van der Waals surface area contributed by atoms with Crippen LogP contribution in [0, 0.1) is 0 Å². The first-order valence-electron chi connectivity index (χ1n) is 11.7. The van der Waals surface area contributed by atoms with Crippen molar-refractivity contribution in [3.63, 3.8) is 0 Å². The van der Waals surface area contributed by atoms with Crippen LogP contribution in [0.15, 0.2) is 71.8 Å². The van der Waals surface area contributed by atoms with Crippen molar-refractivity contribution in [2.75, 3.05) is 5.32 Å². The lowest BCUT2D eigenvalue weighted by atomic mass is 9.75. The molecule has 2 aromatic carbocycles. The zero-order chi connectivity index (χ0) is 23.5. The third-order valence-corrected chi connectivity index (χ3v) is 7.78. The molecular weight excluding hydrogens is 445 g/mol. The highest BCUT2D eigenvalue weighted by Gasteiger charge is 2.22. The molecule has 0 amide bonds. The van der Waals surface area contributed by atoms with Crippen molar-refractivity contribution in [2.45, 2.75) is 49.9 Å². The molecule has 173 valence electrons. The Kier molecular flexibility index (Phi) is 6.39. The second-order valence-electron chi connectivity index (χ2n) is 8.62. The Balaban J connectivity index is 1.43. The Labute approximate surface area is 200 Å². The van der Waals surface area contributed by atoms with Crippen LogP contribution in [0.3, 0.4) is 0 Å². The zero-order valence-corrected chi connectivity index (χ0v) is 19.9. The molecule has 1 fully saturated rings. The fourth-order valence-corrected chi connectivity index (χ4v) is 5.71. The molecule has 0 unspecified atom stereocenters. The SMILES string of the molecule is C[B]c1cnn2c(Nc3ccc(S(=O)(=O)NC4CCCCC4)cc3)cc(-c3ccccc3)nc12. The average molecular weight is 472 g/mol. The second kappa shape index (κ2) is 9.60. The van der Waals surface area contributed by atoms with Gasteiger partial charge >= 0.3 is 0 Å². The third kappa shape index (κ3) is 4.71. The molecule has 1 radical (unpaired) electrons. The van der Waals surface area contributed by atoms with Gasteiger partial charge in [0.05, 0.1) is 10.6 Å². The minimum absolute atomic E-state index is 0.0300. The fraction of sp³-hybridized carbons (Fsp3) is 0.280.